The number of hydrogen-bond donors (Lipinski definition) is 1. The van der Waals surface area contributed by atoms with Crippen LogP contribution in [0.25, 0.3) is 5.69 Å². The van der Waals surface area contributed by atoms with E-state index in [1.54, 1.807) is 19.9 Å². The molecule has 0 aliphatic rings. The number of aromatic nitrogens is 2. The summed E-state index contributed by atoms with van der Waals surface area (Å²) >= 11 is 0. The summed E-state index contributed by atoms with van der Waals surface area (Å²) in [5, 5.41) is 13.2. The minimum Gasteiger partial charge on any atom is -0.283 e. The van der Waals surface area contributed by atoms with Crippen LogP contribution in [0.5, 0.6) is 0 Å². The summed E-state index contributed by atoms with van der Waals surface area (Å²) in [7, 11) is 0. The predicted molar refractivity (Wildman–Crippen MR) is 57.0 cm³/mol. The number of hydrogen-bond acceptors (Lipinski definition) is 4. The summed E-state index contributed by atoms with van der Waals surface area (Å²) in [5.74, 6) is 0. The molecule has 2 aromatic rings. The standard InChI is InChI=1S/C10H9N3O4/c1-6-3-7(2)9(13(15)16)4-8(6)12-5-10(14)17-11-12/h3-5H,1-2H3/p+1. The van der Waals surface area contributed by atoms with E-state index < -0.39 is 10.5 Å². The second-order valence-corrected chi connectivity index (χ2v) is 3.69. The van der Waals surface area contributed by atoms with Crippen LogP contribution in [0.2, 0.25) is 0 Å². The molecule has 0 radical (unpaired) electrons. The van der Waals surface area contributed by atoms with Crippen molar-refractivity contribution in [2.75, 3.05) is 0 Å². The van der Waals surface area contributed by atoms with Crippen molar-refractivity contribution in [2.45, 2.75) is 13.8 Å². The molecule has 0 spiro atoms. The summed E-state index contributed by atoms with van der Waals surface area (Å²) in [5.41, 5.74) is 1.33. The first kappa shape index (κ1) is 11.1. The third-order valence-corrected chi connectivity index (χ3v) is 2.45. The highest BCUT2D eigenvalue weighted by Crippen LogP contribution is 2.22. The number of nitrogens with zero attached hydrogens (tertiary/aromatic N) is 2. The molecule has 0 amide bonds. The third-order valence-electron chi connectivity index (χ3n) is 2.45. The second-order valence-electron chi connectivity index (χ2n) is 3.69. The van der Waals surface area contributed by atoms with Crippen molar-refractivity contribution in [1.82, 2.24) is 5.27 Å². The Morgan fingerprint density at radius 1 is 1.35 bits per heavy atom. The molecule has 0 atom stereocenters. The van der Waals surface area contributed by atoms with Crippen LogP contribution >= 0.6 is 0 Å². The van der Waals surface area contributed by atoms with E-state index in [1.807, 2.05) is 0 Å². The summed E-state index contributed by atoms with van der Waals surface area (Å²) in [6.07, 6.45) is 1.18. The van der Waals surface area contributed by atoms with E-state index in [9.17, 15) is 14.9 Å². The van der Waals surface area contributed by atoms with Gasteiger partial charge in [0.05, 0.1) is 11.0 Å². The van der Waals surface area contributed by atoms with Crippen LogP contribution in [0.15, 0.2) is 27.6 Å². The molecule has 0 bridgehead atoms. The zero-order chi connectivity index (χ0) is 12.6. The molecule has 1 heterocycles. The van der Waals surface area contributed by atoms with Gasteiger partial charge in [-0.3, -0.25) is 14.6 Å². The number of H-pyrrole nitrogens is 1. The molecule has 0 aliphatic carbocycles. The van der Waals surface area contributed by atoms with E-state index in [2.05, 4.69) is 9.79 Å². The first-order valence-corrected chi connectivity index (χ1v) is 4.85. The first-order valence-electron chi connectivity index (χ1n) is 4.85. The van der Waals surface area contributed by atoms with Crippen LogP contribution in [-0.2, 0) is 0 Å². The van der Waals surface area contributed by atoms with E-state index >= 15 is 0 Å². The Hall–Kier alpha value is -2.44. The van der Waals surface area contributed by atoms with Crippen LogP contribution in [0.3, 0.4) is 0 Å². The Labute approximate surface area is 95.4 Å². The number of aromatic amines is 1. The summed E-state index contributed by atoms with van der Waals surface area (Å²) < 4.78 is 5.83. The quantitative estimate of drug-likeness (QED) is 0.473. The van der Waals surface area contributed by atoms with Gasteiger partial charge < -0.3 is 0 Å². The van der Waals surface area contributed by atoms with Gasteiger partial charge in [-0.1, -0.05) is 0 Å². The molecule has 1 N–H and O–H groups in total. The van der Waals surface area contributed by atoms with Gasteiger partial charge in [-0.2, -0.15) is 0 Å². The Morgan fingerprint density at radius 2 is 2.06 bits per heavy atom. The predicted octanol–water partition coefficient (Wildman–Crippen LogP) is 0.770. The van der Waals surface area contributed by atoms with Crippen molar-refractivity contribution < 1.29 is 14.1 Å². The van der Waals surface area contributed by atoms with Gasteiger partial charge in [0.1, 0.15) is 0 Å². The van der Waals surface area contributed by atoms with Crippen molar-refractivity contribution >= 4 is 5.69 Å². The summed E-state index contributed by atoms with van der Waals surface area (Å²) in [4.78, 5) is 21.3. The summed E-state index contributed by atoms with van der Waals surface area (Å²) in [6, 6.07) is 3.09. The van der Waals surface area contributed by atoms with Gasteiger partial charge in [0, 0.05) is 11.1 Å². The molecule has 7 nitrogen and oxygen atoms in total. The van der Waals surface area contributed by atoms with Crippen molar-refractivity contribution in [3.63, 3.8) is 0 Å². The SMILES string of the molecule is Cc1cc(C)c(-[n+]2cc(=O)o[nH]2)cc1[N+](=O)[O-]. The van der Waals surface area contributed by atoms with E-state index in [0.717, 1.165) is 5.56 Å². The van der Waals surface area contributed by atoms with Crippen LogP contribution < -0.4 is 10.3 Å². The van der Waals surface area contributed by atoms with Gasteiger partial charge in [-0.05, 0) is 29.9 Å². The smallest absolute Gasteiger partial charge is 0.283 e. The topological polar surface area (TPSA) is 93.0 Å². The van der Waals surface area contributed by atoms with Gasteiger partial charge in [-0.25, -0.2) is 4.79 Å². The Morgan fingerprint density at radius 3 is 2.59 bits per heavy atom. The lowest BCUT2D eigenvalue weighted by molar-refractivity contribution is -0.670. The minimum absolute atomic E-state index is 0.000138. The lowest BCUT2D eigenvalue weighted by atomic mass is 10.1. The molecule has 0 aliphatic heterocycles. The Bertz CT molecular complexity index is 641. The molecular weight excluding hydrogens is 226 g/mol. The average molecular weight is 236 g/mol. The maximum atomic E-state index is 10.9. The number of nitro benzene ring substituents is 1. The van der Waals surface area contributed by atoms with Gasteiger partial charge in [0.2, 0.25) is 5.69 Å². The zero-order valence-corrected chi connectivity index (χ0v) is 9.26. The molecule has 0 saturated carbocycles. The zero-order valence-electron chi connectivity index (χ0n) is 9.26. The molecule has 88 valence electrons. The van der Waals surface area contributed by atoms with Crippen LogP contribution in [0.4, 0.5) is 5.69 Å². The van der Waals surface area contributed by atoms with Gasteiger partial charge >= 0.3 is 5.63 Å². The maximum Gasteiger partial charge on any atom is 0.427 e. The fourth-order valence-corrected chi connectivity index (χ4v) is 1.66. The number of nitrogens with one attached hydrogen (secondary N) is 1. The molecule has 7 heteroatoms. The van der Waals surface area contributed by atoms with Gasteiger partial charge in [-0.15, -0.1) is 0 Å². The monoisotopic (exact) mass is 236 g/mol. The molecule has 0 saturated heterocycles. The van der Waals surface area contributed by atoms with E-state index in [0.29, 0.717) is 11.3 Å². The van der Waals surface area contributed by atoms with E-state index in [-0.39, 0.29) is 5.69 Å². The van der Waals surface area contributed by atoms with E-state index in [1.165, 1.54) is 16.9 Å². The van der Waals surface area contributed by atoms with Crippen LogP contribution in [0, 0.1) is 24.0 Å². The number of benzene rings is 1. The molecule has 0 unspecified atom stereocenters. The highest BCUT2D eigenvalue weighted by Gasteiger charge is 2.21. The molecule has 1 aromatic heterocycles. The number of nitro groups is 1. The Kier molecular flexibility index (Phi) is 2.51. The van der Waals surface area contributed by atoms with Crippen molar-refractivity contribution in [3.8, 4) is 5.69 Å². The molecule has 0 fully saturated rings. The largest absolute Gasteiger partial charge is 0.427 e. The number of aryl methyl sites for hydroxylation is 2. The van der Waals surface area contributed by atoms with Crippen LogP contribution in [-0.4, -0.2) is 10.2 Å². The number of rotatable bonds is 2. The molecular formula is C10H10N3O4+. The lowest BCUT2D eigenvalue weighted by Crippen LogP contribution is -2.33. The van der Waals surface area contributed by atoms with Crippen molar-refractivity contribution in [2.24, 2.45) is 0 Å². The molecule has 17 heavy (non-hydrogen) atoms. The van der Waals surface area contributed by atoms with Gasteiger partial charge in [0.25, 0.3) is 11.9 Å². The minimum atomic E-state index is -0.548. The normalized spacial score (nSPS) is 10.5. The van der Waals surface area contributed by atoms with Crippen molar-refractivity contribution in [3.05, 3.63) is 50.0 Å². The maximum absolute atomic E-state index is 10.9. The van der Waals surface area contributed by atoms with Crippen molar-refractivity contribution in [1.29, 1.82) is 0 Å². The van der Waals surface area contributed by atoms with E-state index in [4.69, 9.17) is 0 Å². The lowest BCUT2D eigenvalue weighted by Gasteiger charge is -2.00. The Balaban J connectivity index is 2.66. The summed E-state index contributed by atoms with van der Waals surface area (Å²) in [6.45, 7) is 3.46. The second kappa shape index (κ2) is 3.85. The fourth-order valence-electron chi connectivity index (χ4n) is 1.66. The fraction of sp³-hybridized carbons (Fsp3) is 0.200. The first-order chi connectivity index (χ1) is 7.99. The molecule has 1 aromatic carbocycles. The average Bonchev–Trinajstić information content (AvgIpc) is 2.64. The highest BCUT2D eigenvalue weighted by molar-refractivity contribution is 5.49. The highest BCUT2D eigenvalue weighted by atomic mass is 16.6. The molecule has 2 rings (SSSR count). The third kappa shape index (κ3) is 1.94. The van der Waals surface area contributed by atoms with Crippen LogP contribution in [0.1, 0.15) is 11.1 Å². The van der Waals surface area contributed by atoms with Gasteiger partial charge in [0.15, 0.2) is 0 Å².